The summed E-state index contributed by atoms with van der Waals surface area (Å²) in [5.41, 5.74) is 1.60. The fourth-order valence-corrected chi connectivity index (χ4v) is 3.22. The smallest absolute Gasteiger partial charge is 0.236 e. The van der Waals surface area contributed by atoms with Gasteiger partial charge in [0.1, 0.15) is 12.0 Å². The average Bonchev–Trinajstić information content (AvgIpc) is 3.44. The molecular weight excluding hydrogens is 362 g/mol. The molecule has 0 spiro atoms. The van der Waals surface area contributed by atoms with E-state index in [1.54, 1.807) is 17.6 Å². The average molecular weight is 381 g/mol. The minimum Gasteiger partial charge on any atom is -0.443 e. The Morgan fingerprint density at radius 1 is 1.22 bits per heavy atom. The van der Waals surface area contributed by atoms with E-state index in [0.29, 0.717) is 24.9 Å². The molecule has 4 heterocycles. The Hall–Kier alpha value is -3.20. The van der Waals surface area contributed by atoms with E-state index in [9.17, 15) is 0 Å². The van der Waals surface area contributed by atoms with Gasteiger partial charge in [-0.25, -0.2) is 9.98 Å². The normalized spacial score (nSPS) is 11.8. The van der Waals surface area contributed by atoms with Crippen LogP contribution in [0.5, 0.6) is 0 Å². The number of thiophene rings is 1. The highest BCUT2D eigenvalue weighted by molar-refractivity contribution is 7.13. The van der Waals surface area contributed by atoms with E-state index in [1.165, 1.54) is 0 Å². The summed E-state index contributed by atoms with van der Waals surface area (Å²) < 4.78 is 7.48. The highest BCUT2D eigenvalue weighted by atomic mass is 32.1. The monoisotopic (exact) mass is 381 g/mol. The van der Waals surface area contributed by atoms with Crippen LogP contribution in [0.4, 0.5) is 0 Å². The second-order valence-corrected chi connectivity index (χ2v) is 6.66. The first kappa shape index (κ1) is 17.2. The van der Waals surface area contributed by atoms with E-state index in [2.05, 4.69) is 30.8 Å². The summed E-state index contributed by atoms with van der Waals surface area (Å²) in [5, 5.41) is 16.9. The number of guanidine groups is 1. The van der Waals surface area contributed by atoms with Crippen LogP contribution in [0.25, 0.3) is 16.4 Å². The summed E-state index contributed by atoms with van der Waals surface area (Å²) in [7, 11) is 0. The SMILES string of the molecule is CCNC(=NCc1coc(-c2cccs2)n1)NCc1nnc2ccccn12. The molecule has 0 aliphatic rings. The summed E-state index contributed by atoms with van der Waals surface area (Å²) in [6.07, 6.45) is 3.59. The van der Waals surface area contributed by atoms with Gasteiger partial charge in [0.25, 0.3) is 0 Å². The zero-order valence-corrected chi connectivity index (χ0v) is 15.6. The maximum atomic E-state index is 5.54. The molecule has 0 aromatic carbocycles. The third kappa shape index (κ3) is 3.98. The van der Waals surface area contributed by atoms with Crippen molar-refractivity contribution in [3.8, 4) is 10.8 Å². The minimum absolute atomic E-state index is 0.421. The quantitative estimate of drug-likeness (QED) is 0.394. The van der Waals surface area contributed by atoms with Gasteiger partial charge in [0.15, 0.2) is 17.4 Å². The molecule has 4 aromatic heterocycles. The molecule has 27 heavy (non-hydrogen) atoms. The zero-order valence-electron chi connectivity index (χ0n) is 14.8. The molecule has 4 rings (SSSR count). The van der Waals surface area contributed by atoms with Crippen molar-refractivity contribution in [1.29, 1.82) is 0 Å². The third-order valence-corrected chi connectivity index (χ3v) is 4.68. The summed E-state index contributed by atoms with van der Waals surface area (Å²) in [6, 6.07) is 9.77. The van der Waals surface area contributed by atoms with Crippen molar-refractivity contribution in [3.05, 3.63) is 59.7 Å². The highest BCUT2D eigenvalue weighted by Gasteiger charge is 2.08. The molecule has 0 radical (unpaired) electrons. The maximum absolute atomic E-state index is 5.54. The number of hydrogen-bond donors (Lipinski definition) is 2. The van der Waals surface area contributed by atoms with Crippen LogP contribution in [-0.2, 0) is 13.1 Å². The van der Waals surface area contributed by atoms with Crippen LogP contribution in [0.1, 0.15) is 18.4 Å². The fourth-order valence-electron chi connectivity index (χ4n) is 2.57. The van der Waals surface area contributed by atoms with E-state index < -0.39 is 0 Å². The van der Waals surface area contributed by atoms with Crippen molar-refractivity contribution in [2.24, 2.45) is 4.99 Å². The van der Waals surface area contributed by atoms with Crippen LogP contribution < -0.4 is 10.6 Å². The van der Waals surface area contributed by atoms with E-state index in [4.69, 9.17) is 4.42 Å². The summed E-state index contributed by atoms with van der Waals surface area (Å²) in [5.74, 6) is 2.13. The first-order valence-corrected chi connectivity index (χ1v) is 9.50. The van der Waals surface area contributed by atoms with E-state index in [-0.39, 0.29) is 0 Å². The van der Waals surface area contributed by atoms with Crippen molar-refractivity contribution >= 4 is 22.9 Å². The number of nitrogens with zero attached hydrogens (tertiary/aromatic N) is 5. The number of hydrogen-bond acceptors (Lipinski definition) is 6. The van der Waals surface area contributed by atoms with Crippen LogP contribution in [0.15, 0.2) is 57.6 Å². The number of rotatable bonds is 6. The third-order valence-electron chi connectivity index (χ3n) is 3.83. The standard InChI is InChI=1S/C18H19N7OS/c1-2-19-18(21-11-16-24-23-15-7-3-4-8-25(15)16)20-10-13-12-26-17(22-13)14-6-5-9-27-14/h3-9,12H,2,10-11H2,1H3,(H2,19,20,21). The molecule has 0 unspecified atom stereocenters. The molecular formula is C18H19N7OS. The lowest BCUT2D eigenvalue weighted by atomic mass is 10.4. The minimum atomic E-state index is 0.421. The molecule has 0 saturated carbocycles. The van der Waals surface area contributed by atoms with Gasteiger partial charge in [0, 0.05) is 12.7 Å². The molecule has 0 fully saturated rings. The number of aromatic nitrogens is 4. The summed E-state index contributed by atoms with van der Waals surface area (Å²) >= 11 is 1.60. The Morgan fingerprint density at radius 2 is 2.19 bits per heavy atom. The molecule has 138 valence electrons. The van der Waals surface area contributed by atoms with E-state index >= 15 is 0 Å². The Kier molecular flexibility index (Phi) is 5.10. The molecule has 4 aromatic rings. The van der Waals surface area contributed by atoms with Gasteiger partial charge in [-0.1, -0.05) is 12.1 Å². The molecule has 0 saturated heterocycles. The van der Waals surface area contributed by atoms with Crippen molar-refractivity contribution in [3.63, 3.8) is 0 Å². The lowest BCUT2D eigenvalue weighted by Crippen LogP contribution is -2.37. The molecule has 0 amide bonds. The second-order valence-electron chi connectivity index (χ2n) is 5.72. The lowest BCUT2D eigenvalue weighted by molar-refractivity contribution is 0.574. The van der Waals surface area contributed by atoms with Crippen LogP contribution in [0, 0.1) is 0 Å². The van der Waals surface area contributed by atoms with Crippen molar-refractivity contribution in [1.82, 2.24) is 30.2 Å². The maximum Gasteiger partial charge on any atom is 0.236 e. The van der Waals surface area contributed by atoms with E-state index in [1.807, 2.05) is 53.2 Å². The van der Waals surface area contributed by atoms with Gasteiger partial charge in [-0.3, -0.25) is 4.40 Å². The largest absolute Gasteiger partial charge is 0.443 e. The molecule has 8 nitrogen and oxygen atoms in total. The fraction of sp³-hybridized carbons (Fsp3) is 0.222. The van der Waals surface area contributed by atoms with Gasteiger partial charge in [-0.15, -0.1) is 21.5 Å². The second kappa shape index (κ2) is 8.00. The van der Waals surface area contributed by atoms with Gasteiger partial charge in [-0.2, -0.15) is 0 Å². The van der Waals surface area contributed by atoms with Crippen molar-refractivity contribution < 1.29 is 4.42 Å². The number of pyridine rings is 1. The molecule has 0 bridgehead atoms. The Balaban J connectivity index is 1.42. The topological polar surface area (TPSA) is 92.6 Å². The molecule has 0 atom stereocenters. The van der Waals surface area contributed by atoms with Crippen molar-refractivity contribution in [2.75, 3.05) is 6.54 Å². The predicted octanol–water partition coefficient (Wildman–Crippen LogP) is 2.70. The molecule has 9 heteroatoms. The zero-order chi connectivity index (χ0) is 18.5. The number of nitrogens with one attached hydrogen (secondary N) is 2. The lowest BCUT2D eigenvalue weighted by Gasteiger charge is -2.10. The van der Waals surface area contributed by atoms with Gasteiger partial charge >= 0.3 is 0 Å². The predicted molar refractivity (Wildman–Crippen MR) is 104 cm³/mol. The highest BCUT2D eigenvalue weighted by Crippen LogP contribution is 2.23. The summed E-state index contributed by atoms with van der Waals surface area (Å²) in [4.78, 5) is 10.1. The molecule has 0 aliphatic carbocycles. The number of oxazole rings is 1. The molecule has 2 N–H and O–H groups in total. The van der Waals surface area contributed by atoms with Gasteiger partial charge in [-0.05, 0) is 30.5 Å². The van der Waals surface area contributed by atoms with Gasteiger partial charge < -0.3 is 15.1 Å². The first-order valence-electron chi connectivity index (χ1n) is 8.62. The van der Waals surface area contributed by atoms with Crippen LogP contribution in [0.2, 0.25) is 0 Å². The van der Waals surface area contributed by atoms with Gasteiger partial charge in [0.05, 0.1) is 18.0 Å². The summed E-state index contributed by atoms with van der Waals surface area (Å²) in [6.45, 7) is 3.71. The number of aliphatic imine (C=N–C) groups is 1. The van der Waals surface area contributed by atoms with Crippen LogP contribution in [-0.4, -0.2) is 32.1 Å². The number of fused-ring (bicyclic) bond motifs is 1. The first-order chi connectivity index (χ1) is 13.3. The van der Waals surface area contributed by atoms with E-state index in [0.717, 1.165) is 28.6 Å². The van der Waals surface area contributed by atoms with Crippen LogP contribution >= 0.6 is 11.3 Å². The Labute approximate surface area is 160 Å². The molecule has 0 aliphatic heterocycles. The van der Waals surface area contributed by atoms with Crippen molar-refractivity contribution in [2.45, 2.75) is 20.0 Å². The Morgan fingerprint density at radius 3 is 3.04 bits per heavy atom. The Bertz CT molecular complexity index is 1040. The van der Waals surface area contributed by atoms with Gasteiger partial charge in [0.2, 0.25) is 5.89 Å². The van der Waals surface area contributed by atoms with Crippen LogP contribution in [0.3, 0.4) is 0 Å².